The molecular weight excluding hydrogens is 371 g/mol. The first-order valence-electron chi connectivity index (χ1n) is 9.22. The fraction of sp³-hybridized carbons (Fsp3) is 0.143. The summed E-state index contributed by atoms with van der Waals surface area (Å²) in [4.78, 5) is 8.59. The first-order chi connectivity index (χ1) is 14.2. The van der Waals surface area contributed by atoms with Crippen molar-refractivity contribution in [2.75, 3.05) is 6.61 Å². The quantitative estimate of drug-likeness (QED) is 0.501. The summed E-state index contributed by atoms with van der Waals surface area (Å²) in [5, 5.41) is 18.8. The number of aliphatic hydroxyl groups excluding tert-OH is 1. The third-order valence-corrected chi connectivity index (χ3v) is 4.83. The van der Waals surface area contributed by atoms with Gasteiger partial charge in [0.05, 0.1) is 42.4 Å². The van der Waals surface area contributed by atoms with Crippen molar-refractivity contribution >= 4 is 16.6 Å². The van der Waals surface area contributed by atoms with E-state index in [0.717, 1.165) is 22.3 Å². The zero-order valence-electron chi connectivity index (χ0n) is 15.4. The molecule has 0 aliphatic carbocycles. The summed E-state index contributed by atoms with van der Waals surface area (Å²) in [6.45, 7) is 0.445. The maximum Gasteiger partial charge on any atom is 0.153 e. The highest BCUT2D eigenvalue weighted by molar-refractivity contribution is 5.79. The second-order valence-corrected chi connectivity index (χ2v) is 6.77. The van der Waals surface area contributed by atoms with Crippen molar-refractivity contribution in [3.05, 3.63) is 78.3 Å². The number of benzene rings is 1. The largest absolute Gasteiger partial charge is 0.394 e. The van der Waals surface area contributed by atoms with E-state index in [0.29, 0.717) is 29.7 Å². The number of aromatic nitrogens is 6. The fourth-order valence-corrected chi connectivity index (χ4v) is 3.39. The number of halogens is 1. The van der Waals surface area contributed by atoms with Crippen molar-refractivity contribution in [3.8, 4) is 11.3 Å². The second kappa shape index (κ2) is 7.06. The third-order valence-electron chi connectivity index (χ3n) is 4.83. The van der Waals surface area contributed by atoms with Crippen LogP contribution in [0.4, 0.5) is 4.39 Å². The maximum atomic E-state index is 14.6. The summed E-state index contributed by atoms with van der Waals surface area (Å²) in [6.07, 6.45) is 7.26. The Morgan fingerprint density at radius 1 is 1.07 bits per heavy atom. The minimum Gasteiger partial charge on any atom is -0.394 e. The van der Waals surface area contributed by atoms with Crippen LogP contribution in [0, 0.1) is 5.82 Å². The zero-order valence-corrected chi connectivity index (χ0v) is 15.4. The lowest BCUT2D eigenvalue weighted by molar-refractivity contribution is 0.269. The van der Waals surface area contributed by atoms with Crippen LogP contribution in [0.1, 0.15) is 11.3 Å². The van der Waals surface area contributed by atoms with Crippen LogP contribution in [0.25, 0.3) is 27.8 Å². The molecule has 0 aliphatic rings. The average Bonchev–Trinajstić information content (AvgIpc) is 3.36. The molecule has 7 nitrogen and oxygen atoms in total. The molecule has 8 heteroatoms. The van der Waals surface area contributed by atoms with E-state index in [1.54, 1.807) is 27.8 Å². The molecule has 4 aromatic heterocycles. The number of pyridine rings is 1. The van der Waals surface area contributed by atoms with Gasteiger partial charge in [0.1, 0.15) is 5.82 Å². The number of hydrogen-bond donors (Lipinski definition) is 1. The van der Waals surface area contributed by atoms with Crippen molar-refractivity contribution < 1.29 is 9.50 Å². The van der Waals surface area contributed by atoms with Gasteiger partial charge in [-0.1, -0.05) is 6.07 Å². The van der Waals surface area contributed by atoms with Crippen LogP contribution < -0.4 is 0 Å². The third kappa shape index (κ3) is 3.23. The molecule has 0 spiro atoms. The molecule has 0 saturated heterocycles. The molecule has 0 saturated carbocycles. The molecule has 0 bridgehead atoms. The summed E-state index contributed by atoms with van der Waals surface area (Å²) in [5.41, 5.74) is 4.23. The van der Waals surface area contributed by atoms with E-state index >= 15 is 0 Å². The SMILES string of the molecule is OCCn1cc(-c2ccc3ncc(Cc4cc5cccnc5cc4F)n3n2)cn1. The van der Waals surface area contributed by atoms with E-state index in [1.165, 1.54) is 6.07 Å². The van der Waals surface area contributed by atoms with Gasteiger partial charge in [-0.3, -0.25) is 9.67 Å². The van der Waals surface area contributed by atoms with Gasteiger partial charge in [0.25, 0.3) is 0 Å². The lowest BCUT2D eigenvalue weighted by Gasteiger charge is -2.06. The highest BCUT2D eigenvalue weighted by Crippen LogP contribution is 2.22. The number of hydrogen-bond acceptors (Lipinski definition) is 5. The molecule has 5 aromatic rings. The van der Waals surface area contributed by atoms with Crippen molar-refractivity contribution in [3.63, 3.8) is 0 Å². The van der Waals surface area contributed by atoms with E-state index in [4.69, 9.17) is 5.11 Å². The molecule has 0 amide bonds. The topological polar surface area (TPSA) is 81.1 Å². The van der Waals surface area contributed by atoms with Crippen LogP contribution in [0.15, 0.2) is 61.2 Å². The first-order valence-corrected chi connectivity index (χ1v) is 9.22. The summed E-state index contributed by atoms with van der Waals surface area (Å²) < 4.78 is 18.0. The van der Waals surface area contributed by atoms with Gasteiger partial charge in [-0.05, 0) is 29.8 Å². The predicted octanol–water partition coefficient (Wildman–Crippen LogP) is 2.86. The molecule has 0 atom stereocenters. The standard InChI is InChI=1S/C21H17FN6O/c22-18-10-20-14(2-1-5-23-20)8-15(18)9-17-12-24-21-4-3-19(26-28(17)21)16-11-25-27(13-16)6-7-29/h1-5,8,10-13,29H,6-7,9H2. The monoisotopic (exact) mass is 388 g/mol. The highest BCUT2D eigenvalue weighted by Gasteiger charge is 2.12. The smallest absolute Gasteiger partial charge is 0.153 e. The Morgan fingerprint density at radius 3 is 2.90 bits per heavy atom. The number of fused-ring (bicyclic) bond motifs is 2. The van der Waals surface area contributed by atoms with Crippen LogP contribution >= 0.6 is 0 Å². The Hall–Kier alpha value is -3.65. The van der Waals surface area contributed by atoms with Gasteiger partial charge in [0, 0.05) is 35.8 Å². The molecule has 4 heterocycles. The van der Waals surface area contributed by atoms with Crippen molar-refractivity contribution in [2.24, 2.45) is 0 Å². The van der Waals surface area contributed by atoms with Crippen molar-refractivity contribution in [1.29, 1.82) is 0 Å². The Bertz CT molecular complexity index is 1330. The van der Waals surface area contributed by atoms with Gasteiger partial charge in [-0.2, -0.15) is 10.2 Å². The van der Waals surface area contributed by atoms with Crippen molar-refractivity contribution in [2.45, 2.75) is 13.0 Å². The van der Waals surface area contributed by atoms with Crippen molar-refractivity contribution in [1.82, 2.24) is 29.4 Å². The van der Waals surface area contributed by atoms with Crippen LogP contribution in [-0.2, 0) is 13.0 Å². The van der Waals surface area contributed by atoms with E-state index < -0.39 is 0 Å². The van der Waals surface area contributed by atoms with Crippen LogP contribution in [-0.4, -0.2) is 41.1 Å². The van der Waals surface area contributed by atoms with E-state index in [2.05, 4.69) is 20.2 Å². The normalized spacial score (nSPS) is 11.5. The lowest BCUT2D eigenvalue weighted by atomic mass is 10.1. The minimum atomic E-state index is -0.299. The molecule has 0 aliphatic heterocycles. The Labute approximate surface area is 165 Å². The van der Waals surface area contributed by atoms with E-state index in [1.807, 2.05) is 36.5 Å². The van der Waals surface area contributed by atoms with E-state index in [9.17, 15) is 4.39 Å². The van der Waals surface area contributed by atoms with Crippen LogP contribution in [0.3, 0.4) is 0 Å². The molecule has 0 unspecified atom stereocenters. The van der Waals surface area contributed by atoms with Gasteiger partial charge in [0.2, 0.25) is 0 Å². The maximum absolute atomic E-state index is 14.6. The van der Waals surface area contributed by atoms with Crippen LogP contribution in [0.5, 0.6) is 0 Å². The second-order valence-electron chi connectivity index (χ2n) is 6.77. The molecule has 0 radical (unpaired) electrons. The summed E-state index contributed by atoms with van der Waals surface area (Å²) >= 11 is 0. The number of imidazole rings is 1. The molecule has 29 heavy (non-hydrogen) atoms. The summed E-state index contributed by atoms with van der Waals surface area (Å²) in [5.74, 6) is -0.299. The molecule has 144 valence electrons. The minimum absolute atomic E-state index is 0.0199. The van der Waals surface area contributed by atoms with Gasteiger partial charge >= 0.3 is 0 Å². The van der Waals surface area contributed by atoms with Gasteiger partial charge < -0.3 is 5.11 Å². The molecule has 1 N–H and O–H groups in total. The summed E-state index contributed by atoms with van der Waals surface area (Å²) in [7, 11) is 0. The average molecular weight is 388 g/mol. The zero-order chi connectivity index (χ0) is 19.8. The molecule has 1 aromatic carbocycles. The summed E-state index contributed by atoms with van der Waals surface area (Å²) in [6, 6.07) is 10.8. The molecule has 5 rings (SSSR count). The van der Waals surface area contributed by atoms with E-state index in [-0.39, 0.29) is 12.4 Å². The number of nitrogens with zero attached hydrogens (tertiary/aromatic N) is 6. The first kappa shape index (κ1) is 17.4. The van der Waals surface area contributed by atoms with Gasteiger partial charge in [0.15, 0.2) is 5.65 Å². The number of aliphatic hydroxyl groups is 1. The lowest BCUT2D eigenvalue weighted by Crippen LogP contribution is -2.02. The Kier molecular flexibility index (Phi) is 4.25. The van der Waals surface area contributed by atoms with Gasteiger partial charge in [-0.15, -0.1) is 0 Å². The molecule has 0 fully saturated rings. The molecular formula is C21H17FN6O. The predicted molar refractivity (Wildman–Crippen MR) is 106 cm³/mol. The van der Waals surface area contributed by atoms with Gasteiger partial charge in [-0.25, -0.2) is 13.9 Å². The Morgan fingerprint density at radius 2 is 2.00 bits per heavy atom. The highest BCUT2D eigenvalue weighted by atomic mass is 19.1. The number of rotatable bonds is 5. The fourth-order valence-electron chi connectivity index (χ4n) is 3.39. The Balaban J connectivity index is 1.53. The van der Waals surface area contributed by atoms with Crippen LogP contribution in [0.2, 0.25) is 0 Å².